The molecule has 7 heteroatoms. The second kappa shape index (κ2) is 6.06. The largest absolute Gasteiger partial charge is 0.419 e. The molecule has 2 aromatic rings. The average molecular weight is 249 g/mol. The first kappa shape index (κ1) is 12.4. The molecule has 2 heterocycles. The Kier molecular flexibility index (Phi) is 4.19. The molecule has 0 aliphatic rings. The fourth-order valence-corrected chi connectivity index (χ4v) is 1.42. The van der Waals surface area contributed by atoms with Crippen LogP contribution in [0.1, 0.15) is 19.2 Å². The fraction of sp³-hybridized carbons (Fsp3) is 0.455. The van der Waals surface area contributed by atoms with Gasteiger partial charge in [-0.05, 0) is 19.0 Å². The molecule has 0 aliphatic heterocycles. The van der Waals surface area contributed by atoms with E-state index in [1.165, 1.54) is 6.07 Å². The predicted molar refractivity (Wildman–Crippen MR) is 65.0 cm³/mol. The Morgan fingerprint density at radius 3 is 2.94 bits per heavy atom. The van der Waals surface area contributed by atoms with Crippen molar-refractivity contribution in [1.29, 1.82) is 0 Å². The third-order valence-electron chi connectivity index (χ3n) is 2.31. The van der Waals surface area contributed by atoms with E-state index in [9.17, 15) is 4.79 Å². The van der Waals surface area contributed by atoms with Crippen molar-refractivity contribution in [2.75, 3.05) is 13.1 Å². The van der Waals surface area contributed by atoms with Gasteiger partial charge in [-0.1, -0.05) is 6.92 Å². The van der Waals surface area contributed by atoms with Crippen LogP contribution in [0.2, 0.25) is 0 Å². The van der Waals surface area contributed by atoms with Gasteiger partial charge in [-0.2, -0.15) is 5.10 Å². The van der Waals surface area contributed by atoms with Crippen LogP contribution in [0.25, 0.3) is 11.6 Å². The summed E-state index contributed by atoms with van der Waals surface area (Å²) in [4.78, 5) is 10.9. The molecule has 0 saturated carbocycles. The van der Waals surface area contributed by atoms with E-state index in [0.717, 1.165) is 19.5 Å². The molecular formula is C11H15N5O2. The Bertz CT molecular complexity index is 528. The van der Waals surface area contributed by atoms with Crippen LogP contribution >= 0.6 is 0 Å². The summed E-state index contributed by atoms with van der Waals surface area (Å²) in [7, 11) is 0. The van der Waals surface area contributed by atoms with Gasteiger partial charge >= 0.3 is 0 Å². The topological polar surface area (TPSA) is 96.7 Å². The van der Waals surface area contributed by atoms with Crippen molar-refractivity contribution in [1.82, 2.24) is 25.7 Å². The highest BCUT2D eigenvalue weighted by atomic mass is 16.4. The summed E-state index contributed by atoms with van der Waals surface area (Å²) in [5, 5.41) is 17.2. The van der Waals surface area contributed by atoms with Gasteiger partial charge < -0.3 is 9.73 Å². The summed E-state index contributed by atoms with van der Waals surface area (Å²) < 4.78 is 5.44. The highest BCUT2D eigenvalue weighted by molar-refractivity contribution is 5.43. The summed E-state index contributed by atoms with van der Waals surface area (Å²) in [6.45, 7) is 3.89. The normalized spacial score (nSPS) is 10.7. The van der Waals surface area contributed by atoms with Gasteiger partial charge in [0, 0.05) is 19.0 Å². The molecule has 0 amide bonds. The zero-order chi connectivity index (χ0) is 12.8. The van der Waals surface area contributed by atoms with Crippen molar-refractivity contribution in [2.24, 2.45) is 0 Å². The number of hydrogen-bond donors (Lipinski definition) is 2. The van der Waals surface area contributed by atoms with Gasteiger partial charge in [0.1, 0.15) is 5.69 Å². The van der Waals surface area contributed by atoms with Crippen LogP contribution in [0.3, 0.4) is 0 Å². The number of aromatic amines is 1. The van der Waals surface area contributed by atoms with E-state index in [0.29, 0.717) is 23.9 Å². The molecule has 0 fully saturated rings. The third kappa shape index (κ3) is 3.24. The van der Waals surface area contributed by atoms with Crippen LogP contribution in [0.4, 0.5) is 0 Å². The Labute approximate surface area is 104 Å². The van der Waals surface area contributed by atoms with Crippen molar-refractivity contribution in [3.05, 3.63) is 28.4 Å². The monoisotopic (exact) mass is 249 g/mol. The van der Waals surface area contributed by atoms with Gasteiger partial charge in [0.2, 0.25) is 5.89 Å². The molecule has 0 atom stereocenters. The highest BCUT2D eigenvalue weighted by Crippen LogP contribution is 2.12. The first-order chi connectivity index (χ1) is 8.79. The maximum atomic E-state index is 10.9. The van der Waals surface area contributed by atoms with E-state index in [1.54, 1.807) is 6.07 Å². The minimum absolute atomic E-state index is 0.262. The molecule has 2 aromatic heterocycles. The third-order valence-corrected chi connectivity index (χ3v) is 2.31. The molecule has 0 aliphatic carbocycles. The first-order valence-corrected chi connectivity index (χ1v) is 5.89. The van der Waals surface area contributed by atoms with Crippen LogP contribution in [0, 0.1) is 0 Å². The lowest BCUT2D eigenvalue weighted by Crippen LogP contribution is -2.17. The van der Waals surface area contributed by atoms with E-state index in [1.807, 2.05) is 0 Å². The standard InChI is InChI=1S/C11H15N5O2/c1-2-6-12-7-5-10-15-16-11(18-10)8-3-4-9(17)14-13-8/h3-4,12H,2,5-7H2,1H3,(H,14,17). The van der Waals surface area contributed by atoms with E-state index < -0.39 is 0 Å². The summed E-state index contributed by atoms with van der Waals surface area (Å²) >= 11 is 0. The van der Waals surface area contributed by atoms with Gasteiger partial charge in [-0.3, -0.25) is 4.79 Å². The van der Waals surface area contributed by atoms with Crippen molar-refractivity contribution in [3.63, 3.8) is 0 Å². The number of hydrogen-bond acceptors (Lipinski definition) is 6. The molecule has 0 unspecified atom stereocenters. The van der Waals surface area contributed by atoms with Crippen molar-refractivity contribution < 1.29 is 4.42 Å². The van der Waals surface area contributed by atoms with Crippen molar-refractivity contribution >= 4 is 0 Å². The minimum Gasteiger partial charge on any atom is -0.419 e. The second-order valence-corrected chi connectivity index (χ2v) is 3.81. The molecule has 7 nitrogen and oxygen atoms in total. The Morgan fingerprint density at radius 2 is 2.22 bits per heavy atom. The van der Waals surface area contributed by atoms with Crippen LogP contribution < -0.4 is 10.9 Å². The molecule has 2 N–H and O–H groups in total. The molecule has 0 saturated heterocycles. The number of nitrogens with zero attached hydrogens (tertiary/aromatic N) is 3. The Balaban J connectivity index is 1.97. The van der Waals surface area contributed by atoms with Crippen LogP contribution in [0.15, 0.2) is 21.3 Å². The second-order valence-electron chi connectivity index (χ2n) is 3.81. The molecular weight excluding hydrogens is 234 g/mol. The zero-order valence-corrected chi connectivity index (χ0v) is 10.1. The smallest absolute Gasteiger partial charge is 0.268 e. The number of H-pyrrole nitrogens is 1. The quantitative estimate of drug-likeness (QED) is 0.717. The number of nitrogens with one attached hydrogen (secondary N) is 2. The molecule has 18 heavy (non-hydrogen) atoms. The summed E-state index contributed by atoms with van der Waals surface area (Å²) in [6, 6.07) is 2.92. The SMILES string of the molecule is CCCNCCc1nnc(-c2ccc(=O)[nH]n2)o1. The first-order valence-electron chi connectivity index (χ1n) is 5.89. The molecule has 0 bridgehead atoms. The van der Waals surface area contributed by atoms with Crippen LogP contribution in [-0.4, -0.2) is 33.5 Å². The maximum Gasteiger partial charge on any atom is 0.268 e. The van der Waals surface area contributed by atoms with Gasteiger partial charge in [0.15, 0.2) is 0 Å². The zero-order valence-electron chi connectivity index (χ0n) is 10.1. The summed E-state index contributed by atoms with van der Waals surface area (Å²) in [5.74, 6) is 0.873. The van der Waals surface area contributed by atoms with Gasteiger partial charge in [-0.15, -0.1) is 10.2 Å². The van der Waals surface area contributed by atoms with E-state index >= 15 is 0 Å². The Hall–Kier alpha value is -2.02. The Morgan fingerprint density at radius 1 is 1.33 bits per heavy atom. The molecule has 0 spiro atoms. The van der Waals surface area contributed by atoms with Crippen molar-refractivity contribution in [2.45, 2.75) is 19.8 Å². The lowest BCUT2D eigenvalue weighted by Gasteiger charge is -1.98. The number of aromatic nitrogens is 4. The summed E-state index contributed by atoms with van der Waals surface area (Å²) in [5.41, 5.74) is 0.206. The van der Waals surface area contributed by atoms with Crippen LogP contribution in [-0.2, 0) is 6.42 Å². The van der Waals surface area contributed by atoms with E-state index in [2.05, 4.69) is 32.6 Å². The van der Waals surface area contributed by atoms with Gasteiger partial charge in [-0.25, -0.2) is 5.10 Å². The van der Waals surface area contributed by atoms with Gasteiger partial charge in [0.25, 0.3) is 11.4 Å². The maximum absolute atomic E-state index is 10.9. The molecule has 0 radical (unpaired) electrons. The molecule has 96 valence electrons. The fourth-order valence-electron chi connectivity index (χ4n) is 1.42. The lowest BCUT2D eigenvalue weighted by molar-refractivity contribution is 0.492. The van der Waals surface area contributed by atoms with Crippen molar-refractivity contribution in [3.8, 4) is 11.6 Å². The minimum atomic E-state index is -0.262. The molecule has 2 rings (SSSR count). The average Bonchev–Trinajstić information content (AvgIpc) is 2.84. The highest BCUT2D eigenvalue weighted by Gasteiger charge is 2.09. The van der Waals surface area contributed by atoms with Crippen LogP contribution in [0.5, 0.6) is 0 Å². The van der Waals surface area contributed by atoms with E-state index in [-0.39, 0.29) is 5.56 Å². The lowest BCUT2D eigenvalue weighted by atomic mass is 10.4. The number of rotatable bonds is 6. The van der Waals surface area contributed by atoms with E-state index in [4.69, 9.17) is 4.42 Å². The predicted octanol–water partition coefficient (Wildman–Crippen LogP) is 0.362. The molecule has 0 aromatic carbocycles. The van der Waals surface area contributed by atoms with Gasteiger partial charge in [0.05, 0.1) is 0 Å². The summed E-state index contributed by atoms with van der Waals surface area (Å²) in [6.07, 6.45) is 1.77.